The topological polar surface area (TPSA) is 43.8 Å². The van der Waals surface area contributed by atoms with Crippen LogP contribution < -0.4 is 0 Å². The molecule has 12 heavy (non-hydrogen) atoms. The van der Waals surface area contributed by atoms with Gasteiger partial charge in [0.2, 0.25) is 0 Å². The number of nitrogens with zero attached hydrogens (tertiary/aromatic N) is 2. The minimum Gasteiger partial charge on any atom is -0.480 e. The Bertz CT molecular complexity index is 146. The highest BCUT2D eigenvalue weighted by Crippen LogP contribution is 2.00. The third-order valence-corrected chi connectivity index (χ3v) is 1.76. The van der Waals surface area contributed by atoms with E-state index in [-0.39, 0.29) is 6.04 Å². The Labute approximate surface area is 73.8 Å². The maximum atomic E-state index is 10.7. The van der Waals surface area contributed by atoms with Crippen molar-refractivity contribution in [3.63, 3.8) is 0 Å². The summed E-state index contributed by atoms with van der Waals surface area (Å²) in [4.78, 5) is 14.4. The number of likely N-dealkylation sites (N-methyl/N-ethyl adjacent to an activating group) is 1. The van der Waals surface area contributed by atoms with Gasteiger partial charge in [-0.2, -0.15) is 0 Å². The summed E-state index contributed by atoms with van der Waals surface area (Å²) in [6.07, 6.45) is 0.662. The van der Waals surface area contributed by atoms with Gasteiger partial charge in [0.05, 0.1) is 0 Å². The molecule has 4 nitrogen and oxygen atoms in total. The Morgan fingerprint density at radius 3 is 2.08 bits per heavy atom. The standard InChI is InChI=1S/C8H18N2O2/c1-9(2)6-5-7(8(11)12)10(3)4/h7H,5-6H2,1-4H3,(H,11,12). The molecule has 0 aromatic carbocycles. The SMILES string of the molecule is CN(C)CCC(C(=O)O)N(C)C. The normalized spacial score (nSPS) is 13.8. The number of hydrogen-bond acceptors (Lipinski definition) is 3. The molecule has 0 aromatic heterocycles. The number of rotatable bonds is 5. The van der Waals surface area contributed by atoms with Crippen molar-refractivity contribution in [1.82, 2.24) is 9.80 Å². The van der Waals surface area contributed by atoms with Crippen molar-refractivity contribution in [3.8, 4) is 0 Å². The van der Waals surface area contributed by atoms with Gasteiger partial charge in [-0.3, -0.25) is 9.69 Å². The van der Waals surface area contributed by atoms with Gasteiger partial charge >= 0.3 is 5.97 Å². The zero-order chi connectivity index (χ0) is 9.72. The summed E-state index contributed by atoms with van der Waals surface area (Å²) in [6.45, 7) is 0.801. The third kappa shape index (κ3) is 4.31. The van der Waals surface area contributed by atoms with E-state index in [1.54, 1.807) is 19.0 Å². The summed E-state index contributed by atoms with van der Waals surface area (Å²) in [5, 5.41) is 8.80. The predicted molar refractivity (Wildman–Crippen MR) is 48.3 cm³/mol. The van der Waals surface area contributed by atoms with Crippen molar-refractivity contribution >= 4 is 5.97 Å². The Kier molecular flexibility index (Phi) is 4.85. The fourth-order valence-corrected chi connectivity index (χ4v) is 0.983. The highest BCUT2D eigenvalue weighted by atomic mass is 16.4. The molecule has 0 aliphatic heterocycles. The van der Waals surface area contributed by atoms with Gasteiger partial charge in [0.25, 0.3) is 0 Å². The van der Waals surface area contributed by atoms with Crippen molar-refractivity contribution in [2.75, 3.05) is 34.7 Å². The molecule has 1 N–H and O–H groups in total. The van der Waals surface area contributed by atoms with Crippen LogP contribution in [-0.2, 0) is 4.79 Å². The molecule has 0 bridgehead atoms. The summed E-state index contributed by atoms with van der Waals surface area (Å²) >= 11 is 0. The van der Waals surface area contributed by atoms with E-state index in [0.717, 1.165) is 6.54 Å². The van der Waals surface area contributed by atoms with Crippen LogP contribution in [0, 0.1) is 0 Å². The predicted octanol–water partition coefficient (Wildman–Crippen LogP) is -0.0471. The lowest BCUT2D eigenvalue weighted by atomic mass is 10.2. The van der Waals surface area contributed by atoms with Crippen LogP contribution in [-0.4, -0.2) is 61.7 Å². The number of carboxylic acid groups (broad SMARTS) is 1. The van der Waals surface area contributed by atoms with Gasteiger partial charge in [-0.1, -0.05) is 0 Å². The van der Waals surface area contributed by atoms with Gasteiger partial charge < -0.3 is 10.0 Å². The van der Waals surface area contributed by atoms with Gasteiger partial charge in [-0.25, -0.2) is 0 Å². The second kappa shape index (κ2) is 5.11. The Balaban J connectivity index is 3.88. The second-order valence-corrected chi connectivity index (χ2v) is 3.41. The molecule has 0 saturated carbocycles. The van der Waals surface area contributed by atoms with Gasteiger partial charge in [0, 0.05) is 0 Å². The summed E-state index contributed by atoms with van der Waals surface area (Å²) in [7, 11) is 7.45. The van der Waals surface area contributed by atoms with Crippen LogP contribution >= 0.6 is 0 Å². The lowest BCUT2D eigenvalue weighted by Crippen LogP contribution is -2.37. The van der Waals surface area contributed by atoms with Crippen LogP contribution in [0.3, 0.4) is 0 Å². The van der Waals surface area contributed by atoms with Crippen molar-refractivity contribution < 1.29 is 9.90 Å². The minimum absolute atomic E-state index is 0.368. The molecule has 0 spiro atoms. The minimum atomic E-state index is -0.748. The van der Waals surface area contributed by atoms with E-state index in [0.29, 0.717) is 6.42 Å². The Morgan fingerprint density at radius 1 is 1.33 bits per heavy atom. The number of carboxylic acids is 1. The van der Waals surface area contributed by atoms with Crippen LogP contribution in [0.2, 0.25) is 0 Å². The number of aliphatic carboxylic acids is 1. The molecule has 72 valence electrons. The largest absolute Gasteiger partial charge is 0.480 e. The summed E-state index contributed by atoms with van der Waals surface area (Å²) in [6, 6.07) is -0.368. The average molecular weight is 174 g/mol. The van der Waals surface area contributed by atoms with Crippen molar-refractivity contribution in [2.24, 2.45) is 0 Å². The maximum Gasteiger partial charge on any atom is 0.320 e. The summed E-state index contributed by atoms with van der Waals surface area (Å²) < 4.78 is 0. The molecule has 4 heteroatoms. The molecule has 0 rings (SSSR count). The van der Waals surface area contributed by atoms with E-state index in [9.17, 15) is 4.79 Å². The lowest BCUT2D eigenvalue weighted by molar-refractivity contribution is -0.142. The maximum absolute atomic E-state index is 10.7. The van der Waals surface area contributed by atoms with Gasteiger partial charge in [-0.05, 0) is 41.2 Å². The van der Waals surface area contributed by atoms with Crippen molar-refractivity contribution in [3.05, 3.63) is 0 Å². The number of carbonyl (C=O) groups is 1. The molecular formula is C8H18N2O2. The Hall–Kier alpha value is -0.610. The Morgan fingerprint density at radius 2 is 1.83 bits per heavy atom. The first-order valence-electron chi connectivity index (χ1n) is 3.99. The molecule has 0 aliphatic rings. The van der Waals surface area contributed by atoms with Crippen molar-refractivity contribution in [1.29, 1.82) is 0 Å². The van der Waals surface area contributed by atoms with E-state index in [1.165, 1.54) is 0 Å². The second-order valence-electron chi connectivity index (χ2n) is 3.41. The summed E-state index contributed by atoms with van der Waals surface area (Å²) in [5.74, 6) is -0.748. The molecule has 0 aliphatic carbocycles. The zero-order valence-corrected chi connectivity index (χ0v) is 8.24. The molecule has 0 saturated heterocycles. The van der Waals surface area contributed by atoms with Crippen LogP contribution in [0.5, 0.6) is 0 Å². The van der Waals surface area contributed by atoms with Crippen molar-refractivity contribution in [2.45, 2.75) is 12.5 Å². The molecule has 1 unspecified atom stereocenters. The molecule has 0 heterocycles. The zero-order valence-electron chi connectivity index (χ0n) is 8.24. The first-order chi connectivity index (χ1) is 5.45. The van der Waals surface area contributed by atoms with Gasteiger partial charge in [0.15, 0.2) is 0 Å². The quantitative estimate of drug-likeness (QED) is 0.635. The monoisotopic (exact) mass is 174 g/mol. The molecule has 0 fully saturated rings. The molecule has 0 radical (unpaired) electrons. The summed E-state index contributed by atoms with van der Waals surface area (Å²) in [5.41, 5.74) is 0. The fraction of sp³-hybridized carbons (Fsp3) is 0.875. The van der Waals surface area contributed by atoms with E-state index in [1.807, 2.05) is 19.0 Å². The van der Waals surface area contributed by atoms with Crippen LogP contribution in [0.15, 0.2) is 0 Å². The average Bonchev–Trinajstić information content (AvgIpc) is 1.84. The first-order valence-corrected chi connectivity index (χ1v) is 3.99. The van der Waals surface area contributed by atoms with Gasteiger partial charge in [0.1, 0.15) is 6.04 Å². The molecule has 1 atom stereocenters. The highest BCUT2D eigenvalue weighted by Gasteiger charge is 2.18. The van der Waals surface area contributed by atoms with E-state index in [2.05, 4.69) is 0 Å². The molecular weight excluding hydrogens is 156 g/mol. The highest BCUT2D eigenvalue weighted by molar-refractivity contribution is 5.73. The molecule has 0 aromatic rings. The fourth-order valence-electron chi connectivity index (χ4n) is 0.983. The first kappa shape index (κ1) is 11.4. The molecule has 0 amide bonds. The van der Waals surface area contributed by atoms with Crippen LogP contribution in [0.1, 0.15) is 6.42 Å². The van der Waals surface area contributed by atoms with E-state index < -0.39 is 5.97 Å². The van der Waals surface area contributed by atoms with Crippen LogP contribution in [0.4, 0.5) is 0 Å². The van der Waals surface area contributed by atoms with Crippen LogP contribution in [0.25, 0.3) is 0 Å². The third-order valence-electron chi connectivity index (χ3n) is 1.76. The number of hydrogen-bond donors (Lipinski definition) is 1. The van der Waals surface area contributed by atoms with E-state index in [4.69, 9.17) is 5.11 Å². The smallest absolute Gasteiger partial charge is 0.320 e. The van der Waals surface area contributed by atoms with Gasteiger partial charge in [-0.15, -0.1) is 0 Å². The van der Waals surface area contributed by atoms with E-state index >= 15 is 0 Å². The lowest BCUT2D eigenvalue weighted by Gasteiger charge is -2.21.